The molecule has 3 heterocycles. The Balaban J connectivity index is 1.41. The number of nitrogens with zero attached hydrogens (tertiary/aromatic N) is 3. The molecule has 0 aliphatic carbocycles. The summed E-state index contributed by atoms with van der Waals surface area (Å²) in [6.45, 7) is 4.08. The Kier molecular flexibility index (Phi) is 5.14. The van der Waals surface area contributed by atoms with Gasteiger partial charge in [-0.1, -0.05) is 13.3 Å². The number of hydrogen-bond donors (Lipinski definition) is 0. The van der Waals surface area contributed by atoms with Crippen LogP contribution in [-0.4, -0.2) is 52.8 Å². The van der Waals surface area contributed by atoms with Gasteiger partial charge in [-0.25, -0.2) is 4.98 Å². The summed E-state index contributed by atoms with van der Waals surface area (Å²) in [4.78, 5) is 33.2. The van der Waals surface area contributed by atoms with Crippen molar-refractivity contribution in [1.82, 2.24) is 14.8 Å². The van der Waals surface area contributed by atoms with Crippen LogP contribution in [0.1, 0.15) is 46.6 Å². The van der Waals surface area contributed by atoms with Gasteiger partial charge in [-0.2, -0.15) is 0 Å². The number of carbonyl (C=O) groups excluding carboxylic acids is 2. The largest absolute Gasteiger partial charge is 0.459 e. The van der Waals surface area contributed by atoms with Gasteiger partial charge < -0.3 is 18.6 Å². The van der Waals surface area contributed by atoms with Crippen LogP contribution < -0.4 is 0 Å². The summed E-state index contributed by atoms with van der Waals surface area (Å²) >= 11 is 0. The third-order valence-corrected chi connectivity index (χ3v) is 5.01. The predicted molar refractivity (Wildman–Crippen MR) is 103 cm³/mol. The number of rotatable bonds is 5. The van der Waals surface area contributed by atoms with E-state index in [1.807, 2.05) is 6.07 Å². The molecule has 0 N–H and O–H groups in total. The van der Waals surface area contributed by atoms with E-state index < -0.39 is 0 Å². The van der Waals surface area contributed by atoms with E-state index in [0.717, 1.165) is 19.3 Å². The SMILES string of the molecule is CCCCc1nc2cc(C(=O)N3CCN(C(=O)c4ccco4)CC3)ccc2o1. The highest BCUT2D eigenvalue weighted by Crippen LogP contribution is 2.20. The van der Waals surface area contributed by atoms with Gasteiger partial charge in [0.05, 0.1) is 6.26 Å². The van der Waals surface area contributed by atoms with Crippen LogP contribution in [-0.2, 0) is 6.42 Å². The minimum atomic E-state index is -0.138. The average Bonchev–Trinajstić information content (AvgIpc) is 3.40. The van der Waals surface area contributed by atoms with Crippen LogP contribution in [0.5, 0.6) is 0 Å². The normalized spacial score (nSPS) is 14.6. The molecule has 4 rings (SSSR count). The van der Waals surface area contributed by atoms with Crippen LogP contribution in [0.2, 0.25) is 0 Å². The van der Waals surface area contributed by atoms with Gasteiger partial charge in [0.25, 0.3) is 11.8 Å². The van der Waals surface area contributed by atoms with Crippen LogP contribution in [0.15, 0.2) is 45.4 Å². The summed E-state index contributed by atoms with van der Waals surface area (Å²) < 4.78 is 10.9. The Morgan fingerprint density at radius 3 is 2.50 bits per heavy atom. The van der Waals surface area contributed by atoms with Crippen LogP contribution >= 0.6 is 0 Å². The van der Waals surface area contributed by atoms with Crippen molar-refractivity contribution in [2.24, 2.45) is 0 Å². The topological polar surface area (TPSA) is 79.8 Å². The zero-order valence-corrected chi connectivity index (χ0v) is 15.9. The minimum absolute atomic E-state index is 0.0508. The molecule has 2 amide bonds. The molecule has 1 saturated heterocycles. The van der Waals surface area contributed by atoms with Gasteiger partial charge in [0, 0.05) is 38.2 Å². The number of fused-ring (bicyclic) bond motifs is 1. The summed E-state index contributed by atoms with van der Waals surface area (Å²) in [5, 5.41) is 0. The third kappa shape index (κ3) is 3.65. The fraction of sp³-hybridized carbons (Fsp3) is 0.381. The standard InChI is InChI=1S/C21H23N3O4/c1-2-3-6-19-22-16-14-15(7-8-17(16)28-19)20(25)23-9-11-24(12-10-23)21(26)18-5-4-13-27-18/h4-5,7-8,13-14H,2-3,6,9-12H2,1H3. The summed E-state index contributed by atoms with van der Waals surface area (Å²) in [7, 11) is 0. The van der Waals surface area contributed by atoms with Gasteiger partial charge in [0.1, 0.15) is 5.52 Å². The highest BCUT2D eigenvalue weighted by atomic mass is 16.3. The molecule has 1 fully saturated rings. The summed E-state index contributed by atoms with van der Waals surface area (Å²) in [5.41, 5.74) is 2.01. The number of aryl methyl sites for hydroxylation is 1. The molecule has 1 aromatic carbocycles. The molecule has 2 aromatic heterocycles. The molecule has 0 spiro atoms. The second-order valence-corrected chi connectivity index (χ2v) is 6.96. The molecule has 0 saturated carbocycles. The number of unbranched alkanes of at least 4 members (excludes halogenated alkanes) is 1. The second kappa shape index (κ2) is 7.88. The lowest BCUT2D eigenvalue weighted by atomic mass is 10.1. The van der Waals surface area contributed by atoms with E-state index in [-0.39, 0.29) is 11.8 Å². The molecule has 0 atom stereocenters. The van der Waals surface area contributed by atoms with Gasteiger partial charge in [-0.05, 0) is 36.8 Å². The number of oxazole rings is 1. The third-order valence-electron chi connectivity index (χ3n) is 5.01. The predicted octanol–water partition coefficient (Wildman–Crippen LogP) is 3.36. The van der Waals surface area contributed by atoms with Crippen molar-refractivity contribution in [1.29, 1.82) is 0 Å². The molecule has 1 aliphatic heterocycles. The summed E-state index contributed by atoms with van der Waals surface area (Å²) in [6, 6.07) is 8.72. The van der Waals surface area contributed by atoms with E-state index >= 15 is 0 Å². The Hall–Kier alpha value is -3.09. The van der Waals surface area contributed by atoms with Crippen molar-refractivity contribution in [3.8, 4) is 0 Å². The van der Waals surface area contributed by atoms with Crippen molar-refractivity contribution in [3.63, 3.8) is 0 Å². The van der Waals surface area contributed by atoms with E-state index in [1.54, 1.807) is 34.1 Å². The molecular formula is C21H23N3O4. The van der Waals surface area contributed by atoms with Gasteiger partial charge >= 0.3 is 0 Å². The van der Waals surface area contributed by atoms with Gasteiger partial charge in [-0.3, -0.25) is 9.59 Å². The first-order chi connectivity index (χ1) is 13.7. The number of carbonyl (C=O) groups is 2. The molecule has 0 unspecified atom stereocenters. The van der Waals surface area contributed by atoms with Crippen LogP contribution in [0.4, 0.5) is 0 Å². The van der Waals surface area contributed by atoms with Gasteiger partial charge in [0.2, 0.25) is 0 Å². The molecule has 7 nitrogen and oxygen atoms in total. The second-order valence-electron chi connectivity index (χ2n) is 6.96. The number of benzene rings is 1. The maximum absolute atomic E-state index is 12.9. The molecule has 146 valence electrons. The maximum Gasteiger partial charge on any atom is 0.289 e. The average molecular weight is 381 g/mol. The molecule has 3 aromatic rings. The minimum Gasteiger partial charge on any atom is -0.459 e. The van der Waals surface area contributed by atoms with E-state index in [4.69, 9.17) is 8.83 Å². The zero-order valence-electron chi connectivity index (χ0n) is 15.9. The van der Waals surface area contributed by atoms with Crippen molar-refractivity contribution >= 4 is 22.9 Å². The van der Waals surface area contributed by atoms with Crippen LogP contribution in [0, 0.1) is 0 Å². The number of amides is 2. The first-order valence-corrected chi connectivity index (χ1v) is 9.67. The van der Waals surface area contributed by atoms with E-state index in [2.05, 4.69) is 11.9 Å². The monoisotopic (exact) mass is 381 g/mol. The number of aromatic nitrogens is 1. The Morgan fingerprint density at radius 2 is 1.82 bits per heavy atom. The lowest BCUT2D eigenvalue weighted by Crippen LogP contribution is -2.50. The maximum atomic E-state index is 12.9. The smallest absolute Gasteiger partial charge is 0.289 e. The number of furan rings is 1. The Labute approximate surface area is 162 Å². The molecule has 0 radical (unpaired) electrons. The summed E-state index contributed by atoms with van der Waals surface area (Å²) in [6.07, 6.45) is 4.40. The molecule has 1 aliphatic rings. The van der Waals surface area contributed by atoms with Crippen molar-refractivity contribution in [2.45, 2.75) is 26.2 Å². The lowest BCUT2D eigenvalue weighted by molar-refractivity contribution is 0.0518. The van der Waals surface area contributed by atoms with E-state index in [1.165, 1.54) is 6.26 Å². The van der Waals surface area contributed by atoms with Crippen molar-refractivity contribution in [3.05, 3.63) is 53.8 Å². The zero-order chi connectivity index (χ0) is 19.5. The van der Waals surface area contributed by atoms with Gasteiger partial charge in [-0.15, -0.1) is 0 Å². The Bertz CT molecular complexity index is 969. The van der Waals surface area contributed by atoms with Gasteiger partial charge in [0.15, 0.2) is 17.2 Å². The number of piperazine rings is 1. The molecular weight excluding hydrogens is 358 g/mol. The fourth-order valence-electron chi connectivity index (χ4n) is 3.39. The Morgan fingerprint density at radius 1 is 1.07 bits per heavy atom. The van der Waals surface area contributed by atoms with Crippen LogP contribution in [0.25, 0.3) is 11.1 Å². The highest BCUT2D eigenvalue weighted by Gasteiger charge is 2.26. The fourth-order valence-corrected chi connectivity index (χ4v) is 3.39. The lowest BCUT2D eigenvalue weighted by Gasteiger charge is -2.34. The quantitative estimate of drug-likeness (QED) is 0.677. The van der Waals surface area contributed by atoms with Crippen molar-refractivity contribution < 1.29 is 18.4 Å². The van der Waals surface area contributed by atoms with E-state index in [9.17, 15) is 9.59 Å². The first kappa shape index (κ1) is 18.3. The molecule has 7 heteroatoms. The highest BCUT2D eigenvalue weighted by molar-refractivity contribution is 5.97. The first-order valence-electron chi connectivity index (χ1n) is 9.67. The van der Waals surface area contributed by atoms with Crippen molar-refractivity contribution in [2.75, 3.05) is 26.2 Å². The van der Waals surface area contributed by atoms with Crippen LogP contribution in [0.3, 0.4) is 0 Å². The number of hydrogen-bond acceptors (Lipinski definition) is 5. The molecule has 0 bridgehead atoms. The van der Waals surface area contributed by atoms with E-state index in [0.29, 0.717) is 54.5 Å². The molecule has 28 heavy (non-hydrogen) atoms. The summed E-state index contributed by atoms with van der Waals surface area (Å²) in [5.74, 6) is 0.854.